The maximum atomic E-state index is 10.7. The third kappa shape index (κ3) is 4.32. The molecule has 64 valence electrons. The third-order valence-corrected chi connectivity index (χ3v) is 1.09. The van der Waals surface area contributed by atoms with Gasteiger partial charge >= 0.3 is 5.97 Å². The van der Waals surface area contributed by atoms with E-state index in [9.17, 15) is 9.59 Å². The lowest BCUT2D eigenvalue weighted by Crippen LogP contribution is -2.42. The summed E-state index contributed by atoms with van der Waals surface area (Å²) in [6.07, 6.45) is 0. The van der Waals surface area contributed by atoms with E-state index in [1.54, 1.807) is 7.05 Å². The molecule has 11 heavy (non-hydrogen) atoms. The smallest absolute Gasteiger partial charge is 0.325 e. The van der Waals surface area contributed by atoms with E-state index in [0.29, 0.717) is 0 Å². The molecule has 0 radical (unpaired) electrons. The Morgan fingerprint density at radius 3 is 2.45 bits per heavy atom. The van der Waals surface area contributed by atoms with E-state index in [0.717, 1.165) is 0 Å². The molecule has 0 heterocycles. The van der Waals surface area contributed by atoms with Crippen LogP contribution in [-0.4, -0.2) is 36.6 Å². The summed E-state index contributed by atoms with van der Waals surface area (Å²) in [5.74, 6) is -1.35. The van der Waals surface area contributed by atoms with Gasteiger partial charge in [0.05, 0.1) is 6.54 Å². The minimum absolute atomic E-state index is 0.137. The number of hydrogen-bond acceptors (Lipinski definition) is 3. The van der Waals surface area contributed by atoms with Crippen molar-refractivity contribution in [2.45, 2.75) is 13.0 Å². The number of nitrogens with one attached hydrogen (secondary N) is 2. The van der Waals surface area contributed by atoms with Gasteiger partial charge in [-0.15, -0.1) is 0 Å². The lowest BCUT2D eigenvalue weighted by molar-refractivity contribution is -0.141. The molecule has 1 amide bonds. The highest BCUT2D eigenvalue weighted by molar-refractivity contribution is 5.84. The van der Waals surface area contributed by atoms with Gasteiger partial charge in [-0.1, -0.05) is 0 Å². The zero-order valence-electron chi connectivity index (χ0n) is 6.55. The fraction of sp³-hybridized carbons (Fsp3) is 0.667. The Morgan fingerprint density at radius 1 is 1.55 bits per heavy atom. The highest BCUT2D eigenvalue weighted by Gasteiger charge is 2.12. The Hall–Kier alpha value is -1.10. The average Bonchev–Trinajstić information content (AvgIpc) is 1.87. The molecule has 0 aromatic rings. The van der Waals surface area contributed by atoms with Crippen LogP contribution in [-0.2, 0) is 9.59 Å². The standard InChI is InChI=1S/C6H12N2O3/c1-4(6(10)11)8-5(9)3-7-2/h4,7H,3H2,1-2H3,(H,8,9)(H,10,11)/t4-/m1/s1. The fourth-order valence-electron chi connectivity index (χ4n) is 0.515. The van der Waals surface area contributed by atoms with Crippen molar-refractivity contribution in [3.63, 3.8) is 0 Å². The lowest BCUT2D eigenvalue weighted by atomic mass is 10.3. The molecule has 0 rings (SSSR count). The Bertz CT molecular complexity index is 158. The van der Waals surface area contributed by atoms with E-state index < -0.39 is 12.0 Å². The predicted octanol–water partition coefficient (Wildman–Crippen LogP) is -1.20. The van der Waals surface area contributed by atoms with Crippen LogP contribution in [0.3, 0.4) is 0 Å². The van der Waals surface area contributed by atoms with Gasteiger partial charge in [-0.2, -0.15) is 0 Å². The maximum absolute atomic E-state index is 10.7. The Labute approximate surface area is 64.8 Å². The van der Waals surface area contributed by atoms with E-state index in [2.05, 4.69) is 10.6 Å². The zero-order valence-corrected chi connectivity index (χ0v) is 6.55. The van der Waals surface area contributed by atoms with E-state index in [1.165, 1.54) is 6.92 Å². The molecule has 1 atom stereocenters. The molecule has 5 heteroatoms. The molecule has 0 bridgehead atoms. The van der Waals surface area contributed by atoms with Crippen molar-refractivity contribution < 1.29 is 14.7 Å². The summed E-state index contributed by atoms with van der Waals surface area (Å²) >= 11 is 0. The van der Waals surface area contributed by atoms with Crippen LogP contribution < -0.4 is 10.6 Å². The van der Waals surface area contributed by atoms with Crippen molar-refractivity contribution in [2.24, 2.45) is 0 Å². The third-order valence-electron chi connectivity index (χ3n) is 1.09. The summed E-state index contributed by atoms with van der Waals surface area (Å²) in [4.78, 5) is 20.9. The average molecular weight is 160 g/mol. The Morgan fingerprint density at radius 2 is 2.09 bits per heavy atom. The molecule has 0 aliphatic heterocycles. The molecule has 3 N–H and O–H groups in total. The van der Waals surface area contributed by atoms with Gasteiger partial charge in [0.2, 0.25) is 5.91 Å². The van der Waals surface area contributed by atoms with E-state index in [-0.39, 0.29) is 12.5 Å². The van der Waals surface area contributed by atoms with Crippen molar-refractivity contribution >= 4 is 11.9 Å². The summed E-state index contributed by atoms with van der Waals surface area (Å²) in [6, 6.07) is -0.823. The van der Waals surface area contributed by atoms with Gasteiger partial charge in [-0.3, -0.25) is 9.59 Å². The Kier molecular flexibility index (Phi) is 4.21. The predicted molar refractivity (Wildman–Crippen MR) is 39.2 cm³/mol. The second-order valence-corrected chi connectivity index (χ2v) is 2.16. The molecule has 0 saturated heterocycles. The van der Waals surface area contributed by atoms with Gasteiger partial charge in [-0.25, -0.2) is 0 Å². The maximum Gasteiger partial charge on any atom is 0.325 e. The fourth-order valence-corrected chi connectivity index (χ4v) is 0.515. The number of rotatable bonds is 4. The first-order valence-corrected chi connectivity index (χ1v) is 3.24. The van der Waals surface area contributed by atoms with Crippen molar-refractivity contribution in [3.8, 4) is 0 Å². The number of likely N-dealkylation sites (N-methyl/N-ethyl adjacent to an activating group) is 1. The van der Waals surface area contributed by atoms with Gasteiger partial charge < -0.3 is 15.7 Å². The zero-order chi connectivity index (χ0) is 8.85. The van der Waals surface area contributed by atoms with E-state index in [4.69, 9.17) is 5.11 Å². The minimum Gasteiger partial charge on any atom is -0.480 e. The highest BCUT2D eigenvalue weighted by atomic mass is 16.4. The molecule has 0 aliphatic carbocycles. The first-order valence-electron chi connectivity index (χ1n) is 3.24. The number of carbonyl (C=O) groups excluding carboxylic acids is 1. The summed E-state index contributed by atoms with van der Waals surface area (Å²) in [5, 5.41) is 13.3. The van der Waals surface area contributed by atoms with Crippen LogP contribution in [0.15, 0.2) is 0 Å². The minimum atomic E-state index is -1.03. The second-order valence-electron chi connectivity index (χ2n) is 2.16. The van der Waals surface area contributed by atoms with Gasteiger partial charge in [0.15, 0.2) is 0 Å². The highest BCUT2D eigenvalue weighted by Crippen LogP contribution is 1.79. The lowest BCUT2D eigenvalue weighted by Gasteiger charge is -2.07. The van der Waals surface area contributed by atoms with Crippen LogP contribution in [0.2, 0.25) is 0 Å². The SMILES string of the molecule is CNCC(=O)N[C@H](C)C(=O)O. The molecule has 0 fully saturated rings. The van der Waals surface area contributed by atoms with Gasteiger partial charge in [0.1, 0.15) is 6.04 Å². The van der Waals surface area contributed by atoms with Crippen molar-refractivity contribution in [3.05, 3.63) is 0 Å². The molecular formula is C6H12N2O3. The number of aliphatic carboxylic acids is 1. The molecule has 0 aliphatic rings. The molecule has 0 aromatic heterocycles. The van der Waals surface area contributed by atoms with Crippen LogP contribution in [0.4, 0.5) is 0 Å². The first-order chi connectivity index (χ1) is 5.07. The van der Waals surface area contributed by atoms with Crippen molar-refractivity contribution in [1.29, 1.82) is 0 Å². The number of amides is 1. The number of hydrogen-bond donors (Lipinski definition) is 3. The molecule has 0 saturated carbocycles. The monoisotopic (exact) mass is 160 g/mol. The normalized spacial score (nSPS) is 12.2. The van der Waals surface area contributed by atoms with Crippen molar-refractivity contribution in [1.82, 2.24) is 10.6 Å². The van der Waals surface area contributed by atoms with Gasteiger partial charge in [-0.05, 0) is 14.0 Å². The number of carboxylic acids is 1. The summed E-state index contributed by atoms with van der Waals surface area (Å²) in [7, 11) is 1.62. The van der Waals surface area contributed by atoms with Gasteiger partial charge in [0.25, 0.3) is 0 Å². The van der Waals surface area contributed by atoms with Crippen LogP contribution in [0, 0.1) is 0 Å². The number of carboxylic acid groups (broad SMARTS) is 1. The van der Waals surface area contributed by atoms with Crippen molar-refractivity contribution in [2.75, 3.05) is 13.6 Å². The Balaban J connectivity index is 3.66. The van der Waals surface area contributed by atoms with E-state index in [1.807, 2.05) is 0 Å². The summed E-state index contributed by atoms with van der Waals surface area (Å²) in [6.45, 7) is 1.55. The van der Waals surface area contributed by atoms with Crippen LogP contribution in [0.25, 0.3) is 0 Å². The molecule has 0 aromatic carbocycles. The molecular weight excluding hydrogens is 148 g/mol. The molecule has 0 unspecified atom stereocenters. The van der Waals surface area contributed by atoms with E-state index >= 15 is 0 Å². The second kappa shape index (κ2) is 4.68. The topological polar surface area (TPSA) is 78.4 Å². The van der Waals surface area contributed by atoms with Crippen LogP contribution in [0.5, 0.6) is 0 Å². The first kappa shape index (κ1) is 9.90. The van der Waals surface area contributed by atoms with Gasteiger partial charge in [0, 0.05) is 0 Å². The molecule has 5 nitrogen and oxygen atoms in total. The van der Waals surface area contributed by atoms with Crippen LogP contribution >= 0.6 is 0 Å². The quantitative estimate of drug-likeness (QED) is 0.482. The largest absolute Gasteiger partial charge is 0.480 e. The van der Waals surface area contributed by atoms with Crippen LogP contribution in [0.1, 0.15) is 6.92 Å². The molecule has 0 spiro atoms. The number of carbonyl (C=O) groups is 2. The summed E-state index contributed by atoms with van der Waals surface area (Å²) < 4.78 is 0. The summed E-state index contributed by atoms with van der Waals surface area (Å²) in [5.41, 5.74) is 0.